The van der Waals surface area contributed by atoms with Crippen LogP contribution in [-0.4, -0.2) is 42.4 Å². The van der Waals surface area contributed by atoms with E-state index in [1.807, 2.05) is 26.0 Å². The fourth-order valence-corrected chi connectivity index (χ4v) is 2.88. The molecular formula is C21H25BrN4O3. The SMILES string of the molecule is CCN(CC)C(=O)c1ccc(NC(=O)CCNC(=O)Nc2ccc(Br)cc2)cc1. The van der Waals surface area contributed by atoms with Crippen LogP contribution < -0.4 is 16.0 Å². The Morgan fingerprint density at radius 2 is 1.41 bits per heavy atom. The molecule has 0 aliphatic rings. The Labute approximate surface area is 179 Å². The van der Waals surface area contributed by atoms with Crippen molar-refractivity contribution in [2.24, 2.45) is 0 Å². The molecule has 154 valence electrons. The number of hydrogen-bond donors (Lipinski definition) is 3. The number of hydrogen-bond acceptors (Lipinski definition) is 3. The number of rotatable bonds is 8. The molecular weight excluding hydrogens is 436 g/mol. The van der Waals surface area contributed by atoms with E-state index < -0.39 is 0 Å². The van der Waals surface area contributed by atoms with Gasteiger partial charge < -0.3 is 20.9 Å². The van der Waals surface area contributed by atoms with Crippen molar-refractivity contribution >= 4 is 45.2 Å². The summed E-state index contributed by atoms with van der Waals surface area (Å²) in [6.45, 7) is 5.37. The zero-order chi connectivity index (χ0) is 21.2. The largest absolute Gasteiger partial charge is 0.339 e. The van der Waals surface area contributed by atoms with Crippen LogP contribution in [0.2, 0.25) is 0 Å². The molecule has 7 nitrogen and oxygen atoms in total. The topological polar surface area (TPSA) is 90.5 Å². The summed E-state index contributed by atoms with van der Waals surface area (Å²) in [5, 5.41) is 8.08. The second-order valence-corrected chi connectivity index (χ2v) is 7.16. The maximum Gasteiger partial charge on any atom is 0.319 e. The number of carbonyl (C=O) groups is 3. The molecule has 0 unspecified atom stereocenters. The Balaban J connectivity index is 1.75. The van der Waals surface area contributed by atoms with E-state index in [0.717, 1.165) is 4.47 Å². The molecule has 29 heavy (non-hydrogen) atoms. The first-order valence-electron chi connectivity index (χ1n) is 9.42. The number of nitrogens with one attached hydrogen (secondary N) is 3. The molecule has 2 rings (SSSR count). The molecule has 4 amide bonds. The van der Waals surface area contributed by atoms with Gasteiger partial charge in [0.25, 0.3) is 5.91 Å². The Hall–Kier alpha value is -2.87. The summed E-state index contributed by atoms with van der Waals surface area (Å²) in [5.41, 5.74) is 1.85. The van der Waals surface area contributed by atoms with Gasteiger partial charge in [0, 0.05) is 47.5 Å². The third kappa shape index (κ3) is 7.23. The van der Waals surface area contributed by atoms with Gasteiger partial charge in [-0.25, -0.2) is 4.79 Å². The molecule has 0 aliphatic carbocycles. The second-order valence-electron chi connectivity index (χ2n) is 6.24. The molecule has 0 spiro atoms. The fraction of sp³-hybridized carbons (Fsp3) is 0.286. The quantitative estimate of drug-likeness (QED) is 0.554. The smallest absolute Gasteiger partial charge is 0.319 e. The highest BCUT2D eigenvalue weighted by Gasteiger charge is 2.12. The van der Waals surface area contributed by atoms with Crippen LogP contribution in [-0.2, 0) is 4.79 Å². The van der Waals surface area contributed by atoms with E-state index in [4.69, 9.17) is 0 Å². The minimum absolute atomic E-state index is 0.0335. The summed E-state index contributed by atoms with van der Waals surface area (Å²) in [6.07, 6.45) is 0.133. The molecule has 0 radical (unpaired) electrons. The number of urea groups is 1. The number of nitrogens with zero attached hydrogens (tertiary/aromatic N) is 1. The third-order valence-electron chi connectivity index (χ3n) is 4.21. The lowest BCUT2D eigenvalue weighted by molar-refractivity contribution is -0.116. The van der Waals surface area contributed by atoms with E-state index in [1.54, 1.807) is 41.3 Å². The van der Waals surface area contributed by atoms with Gasteiger partial charge in [-0.2, -0.15) is 0 Å². The van der Waals surface area contributed by atoms with Gasteiger partial charge in [-0.15, -0.1) is 0 Å². The van der Waals surface area contributed by atoms with Crippen molar-refractivity contribution in [1.29, 1.82) is 0 Å². The van der Waals surface area contributed by atoms with Crippen LogP contribution >= 0.6 is 15.9 Å². The number of carbonyl (C=O) groups excluding carboxylic acids is 3. The van der Waals surface area contributed by atoms with Crippen molar-refractivity contribution in [3.05, 3.63) is 58.6 Å². The number of halogens is 1. The number of benzene rings is 2. The van der Waals surface area contributed by atoms with E-state index in [2.05, 4.69) is 31.9 Å². The first-order chi connectivity index (χ1) is 13.9. The number of amides is 4. The zero-order valence-electron chi connectivity index (χ0n) is 16.5. The highest BCUT2D eigenvalue weighted by atomic mass is 79.9. The highest BCUT2D eigenvalue weighted by molar-refractivity contribution is 9.10. The maximum atomic E-state index is 12.3. The lowest BCUT2D eigenvalue weighted by Crippen LogP contribution is -2.31. The number of anilines is 2. The monoisotopic (exact) mass is 460 g/mol. The van der Waals surface area contributed by atoms with Gasteiger partial charge in [0.1, 0.15) is 0 Å². The minimum atomic E-state index is -0.376. The summed E-state index contributed by atoms with van der Waals surface area (Å²) in [7, 11) is 0. The van der Waals surface area contributed by atoms with E-state index in [1.165, 1.54) is 0 Å². The van der Waals surface area contributed by atoms with Gasteiger partial charge in [-0.05, 0) is 62.4 Å². The van der Waals surface area contributed by atoms with Crippen molar-refractivity contribution in [3.8, 4) is 0 Å². The Bertz CT molecular complexity index is 834. The lowest BCUT2D eigenvalue weighted by atomic mass is 10.1. The normalized spacial score (nSPS) is 10.2. The summed E-state index contributed by atoms with van der Waals surface area (Å²) >= 11 is 3.33. The molecule has 0 aromatic heterocycles. The summed E-state index contributed by atoms with van der Waals surface area (Å²) < 4.78 is 0.922. The Kier molecular flexibility index (Phi) is 8.67. The van der Waals surface area contributed by atoms with E-state index >= 15 is 0 Å². The predicted octanol–water partition coefficient (Wildman–Crippen LogP) is 4.08. The maximum absolute atomic E-state index is 12.3. The molecule has 2 aromatic carbocycles. The molecule has 0 atom stereocenters. The van der Waals surface area contributed by atoms with Gasteiger partial charge in [0.05, 0.1) is 0 Å². The standard InChI is InChI=1S/C21H25BrN4O3/c1-3-26(4-2)20(28)15-5-9-17(10-6-15)24-19(27)13-14-23-21(29)25-18-11-7-16(22)8-12-18/h5-12H,3-4,13-14H2,1-2H3,(H,24,27)(H2,23,25,29). The van der Waals surface area contributed by atoms with Crippen molar-refractivity contribution in [1.82, 2.24) is 10.2 Å². The van der Waals surface area contributed by atoms with Gasteiger partial charge in [-0.3, -0.25) is 9.59 Å². The third-order valence-corrected chi connectivity index (χ3v) is 4.73. The van der Waals surface area contributed by atoms with Crippen molar-refractivity contribution in [2.45, 2.75) is 20.3 Å². The van der Waals surface area contributed by atoms with Crippen LogP contribution in [0.3, 0.4) is 0 Å². The van der Waals surface area contributed by atoms with Crippen LogP contribution in [0, 0.1) is 0 Å². The van der Waals surface area contributed by atoms with E-state index in [9.17, 15) is 14.4 Å². The van der Waals surface area contributed by atoms with Gasteiger partial charge in [0.2, 0.25) is 5.91 Å². The summed E-state index contributed by atoms with van der Waals surface area (Å²) in [5.74, 6) is -0.259. The molecule has 0 saturated carbocycles. The average molecular weight is 461 g/mol. The van der Waals surface area contributed by atoms with Gasteiger partial charge >= 0.3 is 6.03 Å². The summed E-state index contributed by atoms with van der Waals surface area (Å²) in [6, 6.07) is 13.6. The first-order valence-corrected chi connectivity index (χ1v) is 10.2. The van der Waals surface area contributed by atoms with Crippen molar-refractivity contribution in [2.75, 3.05) is 30.3 Å². The Morgan fingerprint density at radius 1 is 0.862 bits per heavy atom. The molecule has 0 heterocycles. The lowest BCUT2D eigenvalue weighted by Gasteiger charge is -2.18. The van der Waals surface area contributed by atoms with Crippen LogP contribution in [0.25, 0.3) is 0 Å². The Morgan fingerprint density at radius 3 is 2.00 bits per heavy atom. The van der Waals surface area contributed by atoms with E-state index in [-0.39, 0.29) is 30.8 Å². The summed E-state index contributed by atoms with van der Waals surface area (Å²) in [4.78, 5) is 37.9. The second kappa shape index (κ2) is 11.2. The molecule has 0 aliphatic heterocycles. The minimum Gasteiger partial charge on any atom is -0.339 e. The molecule has 8 heteroatoms. The average Bonchev–Trinajstić information content (AvgIpc) is 2.71. The van der Waals surface area contributed by atoms with Crippen LogP contribution in [0.15, 0.2) is 53.0 Å². The first kappa shape index (κ1) is 22.4. The predicted molar refractivity (Wildman–Crippen MR) is 118 cm³/mol. The van der Waals surface area contributed by atoms with Crippen LogP contribution in [0.5, 0.6) is 0 Å². The van der Waals surface area contributed by atoms with Gasteiger partial charge in [0.15, 0.2) is 0 Å². The molecule has 0 bridgehead atoms. The van der Waals surface area contributed by atoms with Crippen molar-refractivity contribution in [3.63, 3.8) is 0 Å². The molecule has 2 aromatic rings. The zero-order valence-corrected chi connectivity index (χ0v) is 18.1. The fourth-order valence-electron chi connectivity index (χ4n) is 2.61. The van der Waals surface area contributed by atoms with Crippen molar-refractivity contribution < 1.29 is 14.4 Å². The van der Waals surface area contributed by atoms with Gasteiger partial charge in [-0.1, -0.05) is 15.9 Å². The highest BCUT2D eigenvalue weighted by Crippen LogP contribution is 2.14. The van der Waals surface area contributed by atoms with E-state index in [0.29, 0.717) is 30.0 Å². The van der Waals surface area contributed by atoms with Crippen LogP contribution in [0.1, 0.15) is 30.6 Å². The molecule has 3 N–H and O–H groups in total. The van der Waals surface area contributed by atoms with Crippen LogP contribution in [0.4, 0.5) is 16.2 Å². The molecule has 0 saturated heterocycles. The molecule has 0 fully saturated rings.